The highest BCUT2D eigenvalue weighted by atomic mass is 16.5. The van der Waals surface area contributed by atoms with Crippen molar-refractivity contribution in [3.8, 4) is 39.8 Å². The fraction of sp³-hybridized carbons (Fsp3) is 0.324. The predicted molar refractivity (Wildman–Crippen MR) is 161 cm³/mol. The molecule has 3 fully saturated rings. The molecule has 3 aliphatic rings. The van der Waals surface area contributed by atoms with Gasteiger partial charge in [-0.1, -0.05) is 12.1 Å². The largest absolute Gasteiger partial charge is 0.463 e. The third kappa shape index (κ3) is 4.54. The maximum absolute atomic E-state index is 14.1. The van der Waals surface area contributed by atoms with Crippen LogP contribution in [-0.2, 0) is 18.3 Å². The Bertz CT molecular complexity index is 2020. The molecule has 2 aromatic carbocycles. The zero-order valence-corrected chi connectivity index (χ0v) is 24.1. The van der Waals surface area contributed by atoms with Crippen molar-refractivity contribution in [1.82, 2.24) is 24.6 Å². The lowest BCUT2D eigenvalue weighted by molar-refractivity contribution is 0.0273. The molecule has 9 nitrogen and oxygen atoms in total. The van der Waals surface area contributed by atoms with Crippen molar-refractivity contribution in [2.75, 3.05) is 13.2 Å². The van der Waals surface area contributed by atoms with Gasteiger partial charge in [-0.3, -0.25) is 14.7 Å². The fourth-order valence-corrected chi connectivity index (χ4v) is 6.68. The lowest BCUT2D eigenvalue weighted by atomic mass is 9.95. The Morgan fingerprint density at radius 3 is 2.70 bits per heavy atom. The second-order valence-electron chi connectivity index (χ2n) is 12.1. The highest BCUT2D eigenvalue weighted by Crippen LogP contribution is 2.42. The number of aromatic nitrogens is 4. The van der Waals surface area contributed by atoms with Gasteiger partial charge in [0.1, 0.15) is 18.2 Å². The molecule has 5 aromatic rings. The van der Waals surface area contributed by atoms with Crippen LogP contribution in [0.5, 0.6) is 0 Å². The molecule has 0 N–H and O–H groups in total. The van der Waals surface area contributed by atoms with E-state index >= 15 is 0 Å². The molecule has 0 spiro atoms. The molecule has 2 saturated heterocycles. The average molecular weight is 571 g/mol. The van der Waals surface area contributed by atoms with E-state index in [1.807, 2.05) is 42.8 Å². The van der Waals surface area contributed by atoms with Crippen molar-refractivity contribution in [2.24, 2.45) is 7.05 Å². The van der Waals surface area contributed by atoms with Gasteiger partial charge in [0.05, 0.1) is 41.0 Å². The molecule has 0 amide bonds. The van der Waals surface area contributed by atoms with Crippen LogP contribution < -0.4 is 5.43 Å². The van der Waals surface area contributed by atoms with Gasteiger partial charge in [0.2, 0.25) is 5.43 Å². The van der Waals surface area contributed by atoms with E-state index in [1.54, 1.807) is 18.7 Å². The predicted octanol–water partition coefficient (Wildman–Crippen LogP) is 5.35. The number of aryl methyl sites for hydroxylation is 2. The summed E-state index contributed by atoms with van der Waals surface area (Å²) in [7, 11) is 1.88. The first-order chi connectivity index (χ1) is 20.9. The van der Waals surface area contributed by atoms with E-state index in [9.17, 15) is 10.1 Å². The molecule has 0 unspecified atom stereocenters. The van der Waals surface area contributed by atoms with Gasteiger partial charge >= 0.3 is 0 Å². The molecule has 3 aromatic heterocycles. The van der Waals surface area contributed by atoms with Crippen molar-refractivity contribution in [1.29, 1.82) is 5.26 Å². The highest BCUT2D eigenvalue weighted by Gasteiger charge is 2.38. The van der Waals surface area contributed by atoms with Crippen LogP contribution in [0.2, 0.25) is 0 Å². The summed E-state index contributed by atoms with van der Waals surface area (Å²) in [5, 5.41) is 18.6. The van der Waals surface area contributed by atoms with Crippen molar-refractivity contribution >= 4 is 11.0 Å². The topological polar surface area (TPSA) is 110 Å². The van der Waals surface area contributed by atoms with E-state index in [2.05, 4.69) is 33.3 Å². The summed E-state index contributed by atoms with van der Waals surface area (Å²) < 4.78 is 13.8. The van der Waals surface area contributed by atoms with Gasteiger partial charge in [0.25, 0.3) is 0 Å². The maximum Gasteiger partial charge on any atom is 0.202 e. The quantitative estimate of drug-likeness (QED) is 0.269. The zero-order chi connectivity index (χ0) is 29.2. The Morgan fingerprint density at radius 1 is 1.09 bits per heavy atom. The number of benzene rings is 2. The number of ether oxygens (including phenoxy) is 1. The van der Waals surface area contributed by atoms with Crippen LogP contribution in [0, 0.1) is 18.3 Å². The van der Waals surface area contributed by atoms with Crippen LogP contribution in [0.15, 0.2) is 64.3 Å². The van der Waals surface area contributed by atoms with E-state index in [0.717, 1.165) is 72.5 Å². The van der Waals surface area contributed by atoms with Crippen LogP contribution in [-0.4, -0.2) is 49.9 Å². The number of rotatable bonds is 6. The molecule has 2 bridgehead atoms. The summed E-state index contributed by atoms with van der Waals surface area (Å²) >= 11 is 0. The van der Waals surface area contributed by atoms with Gasteiger partial charge in [-0.15, -0.1) is 10.2 Å². The van der Waals surface area contributed by atoms with Crippen LogP contribution in [0.1, 0.15) is 47.6 Å². The average Bonchev–Trinajstić information content (AvgIpc) is 3.44. The summed E-state index contributed by atoms with van der Waals surface area (Å²) in [5.74, 6) is 1.01. The Balaban J connectivity index is 1.25. The Labute approximate surface area is 248 Å². The second kappa shape index (κ2) is 9.97. The fourth-order valence-electron chi connectivity index (χ4n) is 6.68. The molecule has 1 saturated carbocycles. The molecule has 5 heterocycles. The lowest BCUT2D eigenvalue weighted by Gasteiger charge is -2.26. The third-order valence-corrected chi connectivity index (χ3v) is 9.05. The molecule has 214 valence electrons. The molecule has 2 aliphatic heterocycles. The first-order valence-corrected chi connectivity index (χ1v) is 14.8. The number of morpholine rings is 1. The Morgan fingerprint density at radius 2 is 1.98 bits per heavy atom. The zero-order valence-electron chi connectivity index (χ0n) is 24.1. The van der Waals surface area contributed by atoms with Gasteiger partial charge < -0.3 is 13.7 Å². The van der Waals surface area contributed by atoms with Gasteiger partial charge in [-0.2, -0.15) is 5.26 Å². The molecule has 9 heteroatoms. The molecule has 0 radical (unpaired) electrons. The van der Waals surface area contributed by atoms with E-state index in [-0.39, 0.29) is 5.43 Å². The minimum absolute atomic E-state index is 0.0859. The first-order valence-electron chi connectivity index (χ1n) is 14.8. The Kier molecular flexibility index (Phi) is 6.03. The van der Waals surface area contributed by atoms with Gasteiger partial charge in [-0.25, -0.2) is 0 Å². The number of nitriles is 1. The van der Waals surface area contributed by atoms with Gasteiger partial charge in [0, 0.05) is 43.4 Å². The summed E-state index contributed by atoms with van der Waals surface area (Å²) in [6.07, 6.45) is 6.74. The maximum atomic E-state index is 14.1. The smallest absolute Gasteiger partial charge is 0.202 e. The van der Waals surface area contributed by atoms with Crippen LogP contribution in [0.4, 0.5) is 0 Å². The van der Waals surface area contributed by atoms with Crippen LogP contribution >= 0.6 is 0 Å². The standard InChI is InChI=1S/C34H30N6O3/c1-19-7-21(14-40-15-25-12-24(40)16-42-25)9-28-32(41)29(17-43-33(19)28)31-11-23(10-30(37-31)22-4-5-22)26-6-3-20(13-35)8-27(26)34-38-36-18-39(34)2/h3,6-11,17-18,22,24-25H,4-5,12,14-16H2,1-2H3/t24-,25-/m1/s1. The number of pyridine rings is 1. The number of nitrogens with zero attached hydrogens (tertiary/aromatic N) is 6. The van der Waals surface area contributed by atoms with Crippen molar-refractivity contribution in [3.63, 3.8) is 0 Å². The summed E-state index contributed by atoms with van der Waals surface area (Å²) in [6.45, 7) is 4.50. The van der Waals surface area contributed by atoms with E-state index in [1.165, 1.54) is 0 Å². The normalized spacial score (nSPS) is 19.7. The number of hydrogen-bond donors (Lipinski definition) is 0. The summed E-state index contributed by atoms with van der Waals surface area (Å²) in [5.41, 5.74) is 7.69. The minimum Gasteiger partial charge on any atom is -0.463 e. The molecule has 43 heavy (non-hydrogen) atoms. The summed E-state index contributed by atoms with van der Waals surface area (Å²) in [6, 6.07) is 16.4. The molecular formula is C34H30N6O3. The number of likely N-dealkylation sites (tertiary alicyclic amines) is 1. The number of fused-ring (bicyclic) bond motifs is 3. The van der Waals surface area contributed by atoms with Crippen LogP contribution in [0.25, 0.3) is 44.7 Å². The monoisotopic (exact) mass is 570 g/mol. The van der Waals surface area contributed by atoms with Crippen LogP contribution in [0.3, 0.4) is 0 Å². The molecule has 2 atom stereocenters. The SMILES string of the molecule is Cc1cc(CN2C[C@H]3C[C@@H]2CO3)cc2c(=O)c(-c3cc(-c4ccc(C#N)cc4-c4nncn4C)cc(C4CC4)n3)coc12. The summed E-state index contributed by atoms with van der Waals surface area (Å²) in [4.78, 5) is 21.6. The van der Waals surface area contributed by atoms with E-state index < -0.39 is 0 Å². The molecule has 1 aliphatic carbocycles. The third-order valence-electron chi connectivity index (χ3n) is 9.05. The van der Waals surface area contributed by atoms with Crippen molar-refractivity contribution < 1.29 is 9.15 Å². The van der Waals surface area contributed by atoms with E-state index in [4.69, 9.17) is 14.1 Å². The van der Waals surface area contributed by atoms with Crippen molar-refractivity contribution in [3.05, 3.63) is 87.7 Å². The minimum atomic E-state index is -0.0859. The van der Waals surface area contributed by atoms with Crippen molar-refractivity contribution in [2.45, 2.75) is 50.8 Å². The van der Waals surface area contributed by atoms with E-state index in [0.29, 0.717) is 51.7 Å². The van der Waals surface area contributed by atoms with Gasteiger partial charge in [0.15, 0.2) is 5.82 Å². The molecule has 8 rings (SSSR count). The number of hydrogen-bond acceptors (Lipinski definition) is 8. The lowest BCUT2D eigenvalue weighted by Crippen LogP contribution is -2.36. The molecular weight excluding hydrogens is 540 g/mol. The first kappa shape index (κ1) is 26.0. The highest BCUT2D eigenvalue weighted by molar-refractivity contribution is 5.86. The Hall–Kier alpha value is -4.65. The van der Waals surface area contributed by atoms with Gasteiger partial charge in [-0.05, 0) is 78.8 Å². The second-order valence-corrected chi connectivity index (χ2v) is 12.1.